The molecule has 0 aliphatic carbocycles. The van der Waals surface area contributed by atoms with E-state index in [1.807, 2.05) is 24.3 Å². The van der Waals surface area contributed by atoms with Gasteiger partial charge in [-0.25, -0.2) is 13.4 Å². The lowest BCUT2D eigenvalue weighted by Crippen LogP contribution is -2.48. The summed E-state index contributed by atoms with van der Waals surface area (Å²) in [6.45, 7) is 4.37. The van der Waals surface area contributed by atoms with Gasteiger partial charge >= 0.3 is 0 Å². The van der Waals surface area contributed by atoms with Crippen LogP contribution in [0.25, 0.3) is 10.2 Å². The molecule has 1 amide bonds. The molecule has 2 heterocycles. The molecule has 0 bridgehead atoms. The molecule has 12 nitrogen and oxygen atoms in total. The predicted octanol–water partition coefficient (Wildman–Crippen LogP) is 2.68. The number of nitriles is 2. The highest BCUT2D eigenvalue weighted by molar-refractivity contribution is 7.89. The van der Waals surface area contributed by atoms with Crippen LogP contribution >= 0.6 is 11.3 Å². The van der Waals surface area contributed by atoms with Gasteiger partial charge in [-0.2, -0.15) is 14.8 Å². The van der Waals surface area contributed by atoms with Gasteiger partial charge in [-0.3, -0.25) is 9.69 Å². The van der Waals surface area contributed by atoms with Crippen LogP contribution < -0.4 is 19.7 Å². The molecule has 1 aliphatic heterocycles. The first-order valence-electron chi connectivity index (χ1n) is 13.4. The summed E-state index contributed by atoms with van der Waals surface area (Å²) >= 11 is 1.58. The van der Waals surface area contributed by atoms with Crippen molar-refractivity contribution in [2.75, 3.05) is 71.5 Å². The van der Waals surface area contributed by atoms with Crippen LogP contribution in [0.5, 0.6) is 11.5 Å². The van der Waals surface area contributed by atoms with Gasteiger partial charge in [0.25, 0.3) is 5.91 Å². The van der Waals surface area contributed by atoms with Gasteiger partial charge in [-0.1, -0.05) is 11.3 Å². The maximum atomic E-state index is 13.0. The lowest BCUT2D eigenvalue weighted by Gasteiger charge is -2.34. The Morgan fingerprint density at radius 3 is 2.21 bits per heavy atom. The molecule has 0 spiro atoms. The van der Waals surface area contributed by atoms with Crippen LogP contribution in [0.2, 0.25) is 0 Å². The number of benzene rings is 2. The molecule has 4 rings (SSSR count). The first-order valence-corrected chi connectivity index (χ1v) is 15.7. The molecule has 222 valence electrons. The van der Waals surface area contributed by atoms with E-state index in [4.69, 9.17) is 25.0 Å². The number of hydrogen-bond acceptors (Lipinski definition) is 11. The number of nitrogens with zero attached hydrogens (tertiary/aromatic N) is 6. The second kappa shape index (κ2) is 14.3. The fourth-order valence-electron chi connectivity index (χ4n) is 4.63. The maximum Gasteiger partial charge on any atom is 0.251 e. The lowest BCUT2D eigenvalue weighted by molar-refractivity contribution is 0.0947. The monoisotopic (exact) mass is 611 g/mol. The normalized spacial score (nSPS) is 14.0. The molecule has 0 saturated carbocycles. The highest BCUT2D eigenvalue weighted by Gasteiger charge is 2.25. The summed E-state index contributed by atoms with van der Waals surface area (Å²) in [4.78, 5) is 22.0. The van der Waals surface area contributed by atoms with E-state index in [1.54, 1.807) is 25.6 Å². The third kappa shape index (κ3) is 7.09. The Bertz CT molecular complexity index is 1510. The molecule has 2 aromatic carbocycles. The average Bonchev–Trinajstić information content (AvgIpc) is 3.46. The third-order valence-electron chi connectivity index (χ3n) is 6.96. The average molecular weight is 612 g/mol. The van der Waals surface area contributed by atoms with Crippen molar-refractivity contribution in [3.8, 4) is 23.6 Å². The number of ether oxygens (including phenoxy) is 2. The highest BCUT2D eigenvalue weighted by Crippen LogP contribution is 2.40. The van der Waals surface area contributed by atoms with Crippen LogP contribution in [-0.4, -0.2) is 95.1 Å². The molecule has 1 N–H and O–H groups in total. The van der Waals surface area contributed by atoms with Gasteiger partial charge in [0.2, 0.25) is 10.0 Å². The molecule has 14 heteroatoms. The number of rotatable bonds is 13. The van der Waals surface area contributed by atoms with E-state index in [0.29, 0.717) is 24.4 Å². The number of amides is 1. The van der Waals surface area contributed by atoms with Crippen molar-refractivity contribution < 1.29 is 22.7 Å². The number of sulfonamides is 1. The number of anilines is 1. The van der Waals surface area contributed by atoms with E-state index in [9.17, 15) is 13.2 Å². The van der Waals surface area contributed by atoms with Crippen molar-refractivity contribution in [3.63, 3.8) is 0 Å². The van der Waals surface area contributed by atoms with Crippen molar-refractivity contribution in [1.82, 2.24) is 19.5 Å². The van der Waals surface area contributed by atoms with Crippen LogP contribution in [0.3, 0.4) is 0 Å². The largest absolute Gasteiger partial charge is 0.495 e. The molecule has 0 unspecified atom stereocenters. The second-order valence-electron chi connectivity index (χ2n) is 9.47. The summed E-state index contributed by atoms with van der Waals surface area (Å²) in [6.07, 6.45) is 0.0409. The quantitative estimate of drug-likeness (QED) is 0.305. The fraction of sp³-hybridized carbons (Fsp3) is 0.429. The van der Waals surface area contributed by atoms with Gasteiger partial charge < -0.3 is 19.7 Å². The number of methoxy groups -OCH3 is 2. The molecule has 42 heavy (non-hydrogen) atoms. The molecule has 1 fully saturated rings. The number of aromatic nitrogens is 1. The molecule has 3 aromatic rings. The van der Waals surface area contributed by atoms with Crippen LogP contribution in [0.1, 0.15) is 23.2 Å². The summed E-state index contributed by atoms with van der Waals surface area (Å²) in [5.41, 5.74) is 1.14. The Labute approximate surface area is 249 Å². The second-order valence-corrected chi connectivity index (χ2v) is 12.4. The van der Waals surface area contributed by atoms with Crippen molar-refractivity contribution in [2.45, 2.75) is 17.7 Å². The summed E-state index contributed by atoms with van der Waals surface area (Å²) < 4.78 is 39.0. The Balaban J connectivity index is 1.27. The summed E-state index contributed by atoms with van der Waals surface area (Å²) in [6, 6.07) is 13.3. The van der Waals surface area contributed by atoms with Crippen LogP contribution in [0.15, 0.2) is 41.3 Å². The molecule has 0 radical (unpaired) electrons. The number of carbonyl (C=O) groups excluding carboxylic acids is 1. The zero-order chi connectivity index (χ0) is 30.1. The number of piperazine rings is 1. The fourth-order valence-corrected chi connectivity index (χ4v) is 7.20. The van der Waals surface area contributed by atoms with Gasteiger partial charge in [0, 0.05) is 70.8 Å². The van der Waals surface area contributed by atoms with Crippen molar-refractivity contribution in [3.05, 3.63) is 42.0 Å². The first kappa shape index (κ1) is 31.0. The lowest BCUT2D eigenvalue weighted by atomic mass is 10.2. The Hall–Kier alpha value is -3.95. The van der Waals surface area contributed by atoms with E-state index in [1.165, 1.54) is 24.3 Å². The molecule has 0 atom stereocenters. The van der Waals surface area contributed by atoms with Gasteiger partial charge in [-0.05, 0) is 36.4 Å². The number of fused-ring (bicyclic) bond motifs is 1. The van der Waals surface area contributed by atoms with Gasteiger partial charge in [-0.15, -0.1) is 0 Å². The van der Waals surface area contributed by atoms with E-state index < -0.39 is 10.0 Å². The molecule has 1 aromatic heterocycles. The van der Waals surface area contributed by atoms with E-state index in [2.05, 4.69) is 15.1 Å². The molecule has 1 aliphatic rings. The number of nitrogens with one attached hydrogen (secondary N) is 1. The van der Waals surface area contributed by atoms with Crippen molar-refractivity contribution >= 4 is 42.6 Å². The van der Waals surface area contributed by atoms with Crippen LogP contribution in [0.4, 0.5) is 5.13 Å². The molecule has 1 saturated heterocycles. The zero-order valence-electron chi connectivity index (χ0n) is 23.6. The van der Waals surface area contributed by atoms with E-state index in [-0.39, 0.29) is 36.7 Å². The number of hydrogen-bond donors (Lipinski definition) is 1. The van der Waals surface area contributed by atoms with Gasteiger partial charge in [0.15, 0.2) is 5.13 Å². The first-order chi connectivity index (χ1) is 20.3. The predicted molar refractivity (Wildman–Crippen MR) is 159 cm³/mol. The summed E-state index contributed by atoms with van der Waals surface area (Å²) in [5, 5.41) is 21.5. The molecular formula is C28H33N7O5S2. The number of thiazole rings is 1. The molecular weight excluding hydrogens is 578 g/mol. The standard InChI is InChI=1S/C28H33N7O5S2/c1-39-23-9-10-24(40-2)26-25(23)32-28(41-26)34-19-17-33(18-20-34)16-13-31-27(36)21-5-7-22(8-6-21)42(37,38)35(14-3-11-29)15-4-12-30/h5-10H,3-4,13-20H2,1-2H3,(H,31,36). The minimum Gasteiger partial charge on any atom is -0.495 e. The van der Waals surface area contributed by atoms with Crippen LogP contribution in [0, 0.1) is 22.7 Å². The Morgan fingerprint density at radius 1 is 1.00 bits per heavy atom. The summed E-state index contributed by atoms with van der Waals surface area (Å²) in [7, 11) is -0.612. The zero-order valence-corrected chi connectivity index (χ0v) is 25.2. The van der Waals surface area contributed by atoms with Crippen LogP contribution in [-0.2, 0) is 10.0 Å². The number of carbonyl (C=O) groups is 1. The SMILES string of the molecule is COc1ccc(OC)c2sc(N3CCN(CCNC(=O)c4ccc(S(=O)(=O)N(CCC#N)CCC#N)cc4)CC3)nc12. The smallest absolute Gasteiger partial charge is 0.251 e. The topological polar surface area (TPSA) is 152 Å². The minimum absolute atomic E-state index is 0.00110. The minimum atomic E-state index is -3.89. The van der Waals surface area contributed by atoms with Gasteiger partial charge in [0.1, 0.15) is 21.7 Å². The van der Waals surface area contributed by atoms with Crippen molar-refractivity contribution in [2.24, 2.45) is 0 Å². The highest BCUT2D eigenvalue weighted by atomic mass is 32.2. The third-order valence-corrected chi connectivity index (χ3v) is 10.00. The van der Waals surface area contributed by atoms with Crippen molar-refractivity contribution in [1.29, 1.82) is 10.5 Å². The van der Waals surface area contributed by atoms with E-state index in [0.717, 1.165) is 51.6 Å². The Kier molecular flexibility index (Phi) is 10.5. The van der Waals surface area contributed by atoms with Gasteiger partial charge in [0.05, 0.1) is 31.3 Å². The van der Waals surface area contributed by atoms with E-state index >= 15 is 0 Å². The Morgan fingerprint density at radius 2 is 1.62 bits per heavy atom. The summed E-state index contributed by atoms with van der Waals surface area (Å²) in [5.74, 6) is 1.20. The maximum absolute atomic E-state index is 13.0.